The summed E-state index contributed by atoms with van der Waals surface area (Å²) in [6.45, 7) is 1.53. The summed E-state index contributed by atoms with van der Waals surface area (Å²) < 4.78 is 11.5. The van der Waals surface area contributed by atoms with E-state index >= 15 is 0 Å². The molecule has 25 heavy (non-hydrogen) atoms. The molecule has 1 aliphatic rings. The second-order valence-electron chi connectivity index (χ2n) is 5.88. The van der Waals surface area contributed by atoms with Gasteiger partial charge in [-0.05, 0) is 24.6 Å². The minimum atomic E-state index is -1.07. The van der Waals surface area contributed by atoms with Gasteiger partial charge < -0.3 is 19.5 Å². The van der Waals surface area contributed by atoms with Crippen LogP contribution in [0.1, 0.15) is 12.5 Å². The summed E-state index contributed by atoms with van der Waals surface area (Å²) in [5, 5.41) is 9.17. The summed E-state index contributed by atoms with van der Waals surface area (Å²) in [4.78, 5) is 25.4. The number of fused-ring (bicyclic) bond motifs is 1. The Hall–Kier alpha value is -3.02. The third kappa shape index (κ3) is 3.91. The van der Waals surface area contributed by atoms with Gasteiger partial charge in [-0.3, -0.25) is 9.59 Å². The zero-order valence-electron chi connectivity index (χ0n) is 13.8. The number of ether oxygens (including phenoxy) is 2. The molecule has 2 unspecified atom stereocenters. The van der Waals surface area contributed by atoms with Crippen molar-refractivity contribution in [2.24, 2.45) is 0 Å². The quantitative estimate of drug-likeness (QED) is 0.903. The number of amides is 1. The molecule has 0 spiro atoms. The summed E-state index contributed by atoms with van der Waals surface area (Å²) >= 11 is 0. The van der Waals surface area contributed by atoms with Crippen LogP contribution >= 0.6 is 0 Å². The van der Waals surface area contributed by atoms with Gasteiger partial charge in [0, 0.05) is 6.54 Å². The molecule has 1 N–H and O–H groups in total. The van der Waals surface area contributed by atoms with Crippen molar-refractivity contribution < 1.29 is 24.2 Å². The van der Waals surface area contributed by atoms with Crippen LogP contribution in [-0.4, -0.2) is 40.6 Å². The van der Waals surface area contributed by atoms with Crippen molar-refractivity contribution in [2.45, 2.75) is 25.7 Å². The number of benzene rings is 2. The Labute approximate surface area is 145 Å². The fraction of sp³-hybridized carbons (Fsp3) is 0.263. The highest BCUT2D eigenvalue weighted by Gasteiger charge is 2.37. The standard InChI is InChI=1S/C19H19NO5/c1-13-18(25-16-10-6-5-9-15(16)24-13)19(23)20(12-17(21)22)11-14-7-3-2-4-8-14/h2-10,13,18H,11-12H2,1H3,(H,21,22). The summed E-state index contributed by atoms with van der Waals surface area (Å²) in [6, 6.07) is 16.4. The lowest BCUT2D eigenvalue weighted by Crippen LogP contribution is -2.51. The number of carboxylic acid groups (broad SMARTS) is 1. The molecule has 6 heteroatoms. The third-order valence-corrected chi connectivity index (χ3v) is 3.94. The molecular weight excluding hydrogens is 322 g/mol. The number of hydrogen-bond acceptors (Lipinski definition) is 4. The molecule has 2 atom stereocenters. The lowest BCUT2D eigenvalue weighted by Gasteiger charge is -2.34. The SMILES string of the molecule is CC1Oc2ccccc2OC1C(=O)N(CC(=O)O)Cc1ccccc1. The molecule has 1 aliphatic heterocycles. The highest BCUT2D eigenvalue weighted by molar-refractivity contribution is 5.85. The number of para-hydroxylation sites is 2. The van der Waals surface area contributed by atoms with Crippen LogP contribution in [0.15, 0.2) is 54.6 Å². The van der Waals surface area contributed by atoms with Crippen LogP contribution in [0, 0.1) is 0 Å². The van der Waals surface area contributed by atoms with Crippen LogP contribution in [0.2, 0.25) is 0 Å². The molecule has 3 rings (SSSR count). The van der Waals surface area contributed by atoms with E-state index in [2.05, 4.69) is 0 Å². The second-order valence-corrected chi connectivity index (χ2v) is 5.88. The van der Waals surface area contributed by atoms with Crippen molar-refractivity contribution in [1.29, 1.82) is 0 Å². The van der Waals surface area contributed by atoms with Crippen molar-refractivity contribution in [1.82, 2.24) is 4.90 Å². The van der Waals surface area contributed by atoms with Gasteiger partial charge in [0.1, 0.15) is 12.6 Å². The number of hydrogen-bond donors (Lipinski definition) is 1. The van der Waals surface area contributed by atoms with Crippen molar-refractivity contribution in [3.63, 3.8) is 0 Å². The smallest absolute Gasteiger partial charge is 0.323 e. The molecule has 6 nitrogen and oxygen atoms in total. The van der Waals surface area contributed by atoms with Crippen LogP contribution in [0.3, 0.4) is 0 Å². The lowest BCUT2D eigenvalue weighted by atomic mass is 10.1. The van der Waals surface area contributed by atoms with E-state index in [9.17, 15) is 9.59 Å². The molecular formula is C19H19NO5. The van der Waals surface area contributed by atoms with Gasteiger partial charge in [-0.15, -0.1) is 0 Å². The van der Waals surface area contributed by atoms with Gasteiger partial charge in [0.05, 0.1) is 0 Å². The van der Waals surface area contributed by atoms with Crippen molar-refractivity contribution >= 4 is 11.9 Å². The summed E-state index contributed by atoms with van der Waals surface area (Å²) in [6.07, 6.45) is -1.41. The van der Waals surface area contributed by atoms with E-state index < -0.39 is 30.6 Å². The largest absolute Gasteiger partial charge is 0.482 e. The van der Waals surface area contributed by atoms with Gasteiger partial charge in [0.2, 0.25) is 6.10 Å². The molecule has 2 aromatic rings. The molecule has 0 aliphatic carbocycles. The number of carboxylic acids is 1. The van der Waals surface area contributed by atoms with Crippen LogP contribution in [0.4, 0.5) is 0 Å². The van der Waals surface area contributed by atoms with Crippen LogP contribution in [-0.2, 0) is 16.1 Å². The maximum atomic E-state index is 12.9. The molecule has 1 amide bonds. The van der Waals surface area contributed by atoms with Crippen LogP contribution in [0.5, 0.6) is 11.5 Å². The lowest BCUT2D eigenvalue weighted by molar-refractivity contribution is -0.151. The molecule has 0 radical (unpaired) electrons. The number of aliphatic carboxylic acids is 1. The Morgan fingerprint density at radius 2 is 1.60 bits per heavy atom. The monoisotopic (exact) mass is 341 g/mol. The molecule has 1 heterocycles. The minimum absolute atomic E-state index is 0.195. The van der Waals surface area contributed by atoms with E-state index in [-0.39, 0.29) is 6.54 Å². The van der Waals surface area contributed by atoms with Crippen LogP contribution < -0.4 is 9.47 Å². The van der Waals surface area contributed by atoms with Crippen molar-refractivity contribution in [2.75, 3.05) is 6.54 Å². The Bertz CT molecular complexity index is 761. The number of carbonyl (C=O) groups is 2. The zero-order valence-corrected chi connectivity index (χ0v) is 13.8. The Morgan fingerprint density at radius 1 is 1.00 bits per heavy atom. The van der Waals surface area contributed by atoms with E-state index in [0.29, 0.717) is 11.5 Å². The predicted octanol–water partition coefficient (Wildman–Crippen LogP) is 2.33. The van der Waals surface area contributed by atoms with Gasteiger partial charge in [0.25, 0.3) is 5.91 Å². The number of rotatable bonds is 5. The molecule has 0 fully saturated rings. The summed E-state index contributed by atoms with van der Waals surface area (Å²) in [7, 11) is 0. The van der Waals surface area contributed by atoms with Gasteiger partial charge in [0.15, 0.2) is 11.5 Å². The van der Waals surface area contributed by atoms with E-state index in [1.165, 1.54) is 4.90 Å². The Balaban J connectivity index is 1.81. The zero-order chi connectivity index (χ0) is 17.8. The fourth-order valence-corrected chi connectivity index (χ4v) is 2.75. The molecule has 0 saturated carbocycles. The van der Waals surface area contributed by atoms with Gasteiger partial charge in [-0.1, -0.05) is 42.5 Å². The Kier molecular flexibility index (Phi) is 4.88. The predicted molar refractivity (Wildman–Crippen MR) is 90.4 cm³/mol. The van der Waals surface area contributed by atoms with Crippen molar-refractivity contribution in [3.05, 3.63) is 60.2 Å². The summed E-state index contributed by atoms with van der Waals surface area (Å²) in [5.41, 5.74) is 0.849. The highest BCUT2D eigenvalue weighted by atomic mass is 16.6. The maximum Gasteiger partial charge on any atom is 0.323 e. The Morgan fingerprint density at radius 3 is 2.24 bits per heavy atom. The number of nitrogens with zero attached hydrogens (tertiary/aromatic N) is 1. The first-order chi connectivity index (χ1) is 12.0. The van der Waals surface area contributed by atoms with Gasteiger partial charge in [-0.2, -0.15) is 0 Å². The molecule has 2 aromatic carbocycles. The molecule has 0 aromatic heterocycles. The number of carbonyl (C=O) groups excluding carboxylic acids is 1. The second kappa shape index (κ2) is 7.25. The molecule has 0 bridgehead atoms. The first-order valence-electron chi connectivity index (χ1n) is 8.01. The molecule has 130 valence electrons. The summed E-state index contributed by atoms with van der Waals surface area (Å²) in [5.74, 6) is -0.428. The molecule has 0 saturated heterocycles. The van der Waals surface area contributed by atoms with E-state index in [0.717, 1.165) is 5.56 Å². The maximum absolute atomic E-state index is 12.9. The van der Waals surface area contributed by atoms with Gasteiger partial charge in [-0.25, -0.2) is 0 Å². The average molecular weight is 341 g/mol. The first kappa shape index (κ1) is 16.8. The normalized spacial score (nSPS) is 18.4. The first-order valence-corrected chi connectivity index (χ1v) is 8.01. The minimum Gasteiger partial charge on any atom is -0.482 e. The van der Waals surface area contributed by atoms with Gasteiger partial charge >= 0.3 is 5.97 Å². The van der Waals surface area contributed by atoms with E-state index in [1.54, 1.807) is 25.1 Å². The van der Waals surface area contributed by atoms with E-state index in [1.807, 2.05) is 36.4 Å². The topological polar surface area (TPSA) is 76.1 Å². The average Bonchev–Trinajstić information content (AvgIpc) is 2.60. The highest BCUT2D eigenvalue weighted by Crippen LogP contribution is 2.34. The van der Waals surface area contributed by atoms with Crippen molar-refractivity contribution in [3.8, 4) is 11.5 Å². The van der Waals surface area contributed by atoms with E-state index in [4.69, 9.17) is 14.6 Å². The third-order valence-electron chi connectivity index (χ3n) is 3.94. The fourth-order valence-electron chi connectivity index (χ4n) is 2.75. The van der Waals surface area contributed by atoms with Crippen LogP contribution in [0.25, 0.3) is 0 Å².